The summed E-state index contributed by atoms with van der Waals surface area (Å²) in [5.41, 5.74) is 1.39. The third-order valence-electron chi connectivity index (χ3n) is 2.45. The van der Waals surface area contributed by atoms with E-state index in [4.69, 9.17) is 18.1 Å². The summed E-state index contributed by atoms with van der Waals surface area (Å²) in [6, 6.07) is 4.89. The standard InChI is InChI=1S/C12H13BN2O4/c1-7-3-4-9(19-12(17)15-13)5-8(7)6-10(14)11(16)18-2/h3-5,14H,6H2,1-2H3,(H,15,17). The van der Waals surface area contributed by atoms with Crippen LogP contribution in [0, 0.1) is 12.3 Å². The lowest BCUT2D eigenvalue weighted by Gasteiger charge is -2.09. The molecule has 6 nitrogen and oxygen atoms in total. The number of benzene rings is 1. The van der Waals surface area contributed by atoms with Gasteiger partial charge in [-0.25, -0.2) is 9.59 Å². The van der Waals surface area contributed by atoms with Crippen molar-refractivity contribution in [2.24, 2.45) is 0 Å². The first-order valence-corrected chi connectivity index (χ1v) is 5.41. The Hall–Kier alpha value is -2.31. The van der Waals surface area contributed by atoms with E-state index in [1.165, 1.54) is 7.11 Å². The molecule has 0 saturated carbocycles. The molecule has 2 N–H and O–H groups in total. The molecule has 0 saturated heterocycles. The second-order valence-electron chi connectivity index (χ2n) is 3.77. The molecule has 0 spiro atoms. The molecule has 0 aliphatic carbocycles. The fraction of sp³-hybridized carbons (Fsp3) is 0.250. The topological polar surface area (TPSA) is 88.5 Å². The molecule has 0 heterocycles. The minimum atomic E-state index is -0.794. The van der Waals surface area contributed by atoms with Crippen molar-refractivity contribution in [2.45, 2.75) is 13.3 Å². The normalized spacial score (nSPS) is 9.58. The average Bonchev–Trinajstić information content (AvgIpc) is 2.41. The van der Waals surface area contributed by atoms with Gasteiger partial charge in [0.05, 0.1) is 7.11 Å². The number of carbonyl (C=O) groups excluding carboxylic acids is 2. The number of nitrogens with one attached hydrogen (secondary N) is 2. The molecule has 0 bridgehead atoms. The van der Waals surface area contributed by atoms with Crippen molar-refractivity contribution in [1.29, 1.82) is 5.41 Å². The Balaban J connectivity index is 2.88. The lowest BCUT2D eigenvalue weighted by Crippen LogP contribution is -2.23. The first kappa shape index (κ1) is 14.8. The maximum Gasteiger partial charge on any atom is 0.399 e. The molecule has 0 atom stereocenters. The van der Waals surface area contributed by atoms with E-state index in [2.05, 4.69) is 4.74 Å². The highest BCUT2D eigenvalue weighted by Crippen LogP contribution is 2.18. The summed E-state index contributed by atoms with van der Waals surface area (Å²) in [4.78, 5) is 22.2. The van der Waals surface area contributed by atoms with Gasteiger partial charge in [0.1, 0.15) is 11.5 Å². The summed E-state index contributed by atoms with van der Waals surface area (Å²) < 4.78 is 9.33. The lowest BCUT2D eigenvalue weighted by atomic mass is 10.0. The predicted octanol–water partition coefficient (Wildman–Crippen LogP) is 0.902. The van der Waals surface area contributed by atoms with Crippen LogP contribution in [0.5, 0.6) is 5.75 Å². The molecule has 1 amide bonds. The first-order valence-electron chi connectivity index (χ1n) is 5.41. The van der Waals surface area contributed by atoms with Gasteiger partial charge in [0, 0.05) is 6.42 Å². The van der Waals surface area contributed by atoms with Crippen molar-refractivity contribution < 1.29 is 19.1 Å². The highest BCUT2D eigenvalue weighted by atomic mass is 16.5. The van der Waals surface area contributed by atoms with Crippen LogP contribution in [0.2, 0.25) is 0 Å². The molecule has 19 heavy (non-hydrogen) atoms. The van der Waals surface area contributed by atoms with Gasteiger partial charge in [0.2, 0.25) is 7.98 Å². The molecule has 0 aliphatic rings. The van der Waals surface area contributed by atoms with Gasteiger partial charge in [-0.05, 0) is 30.2 Å². The van der Waals surface area contributed by atoms with Crippen LogP contribution in [0.1, 0.15) is 11.1 Å². The second-order valence-corrected chi connectivity index (χ2v) is 3.77. The van der Waals surface area contributed by atoms with Crippen molar-refractivity contribution in [3.8, 4) is 5.75 Å². The molecule has 1 rings (SSSR count). The summed E-state index contributed by atoms with van der Waals surface area (Å²) in [5, 5.41) is 9.40. The Bertz CT molecular complexity index is 516. The quantitative estimate of drug-likeness (QED) is 0.478. The monoisotopic (exact) mass is 260 g/mol. The highest BCUT2D eigenvalue weighted by Gasteiger charge is 2.12. The van der Waals surface area contributed by atoms with Crippen LogP contribution < -0.4 is 9.96 Å². The van der Waals surface area contributed by atoms with Gasteiger partial charge in [-0.2, -0.15) is 0 Å². The number of hydrogen-bond donors (Lipinski definition) is 2. The fourth-order valence-electron chi connectivity index (χ4n) is 1.42. The first-order chi connectivity index (χ1) is 8.97. The number of rotatable bonds is 4. The van der Waals surface area contributed by atoms with Crippen molar-refractivity contribution >= 4 is 25.8 Å². The third kappa shape index (κ3) is 4.13. The summed E-state index contributed by atoms with van der Waals surface area (Å²) >= 11 is 0. The number of ether oxygens (including phenoxy) is 2. The van der Waals surface area contributed by atoms with Crippen LogP contribution in [0.15, 0.2) is 18.2 Å². The second kappa shape index (κ2) is 6.58. The SMILES string of the molecule is [B]NC(=O)Oc1ccc(C)c(CC(=N)C(=O)OC)c1. The van der Waals surface area contributed by atoms with Crippen LogP contribution in [0.3, 0.4) is 0 Å². The lowest BCUT2D eigenvalue weighted by molar-refractivity contribution is -0.132. The zero-order chi connectivity index (χ0) is 14.4. The van der Waals surface area contributed by atoms with Crippen molar-refractivity contribution in [2.75, 3.05) is 7.11 Å². The molecule has 0 aromatic heterocycles. The smallest absolute Gasteiger partial charge is 0.399 e. The van der Waals surface area contributed by atoms with Gasteiger partial charge < -0.3 is 14.7 Å². The van der Waals surface area contributed by atoms with E-state index in [9.17, 15) is 9.59 Å². The van der Waals surface area contributed by atoms with E-state index in [1.807, 2.05) is 12.2 Å². The minimum absolute atomic E-state index is 0.0972. The minimum Gasteiger partial charge on any atom is -0.465 e. The zero-order valence-corrected chi connectivity index (χ0v) is 10.6. The average molecular weight is 260 g/mol. The van der Waals surface area contributed by atoms with Crippen LogP contribution in [0.4, 0.5) is 4.79 Å². The summed E-state index contributed by atoms with van der Waals surface area (Å²) in [6.45, 7) is 1.83. The largest absolute Gasteiger partial charge is 0.465 e. The molecule has 1 aromatic carbocycles. The van der Waals surface area contributed by atoms with E-state index in [0.29, 0.717) is 5.56 Å². The number of aryl methyl sites for hydroxylation is 1. The third-order valence-corrected chi connectivity index (χ3v) is 2.45. The van der Waals surface area contributed by atoms with E-state index >= 15 is 0 Å². The molecule has 2 radical (unpaired) electrons. The van der Waals surface area contributed by atoms with Crippen molar-refractivity contribution in [3.63, 3.8) is 0 Å². The van der Waals surface area contributed by atoms with Gasteiger partial charge in [0.25, 0.3) is 0 Å². The van der Waals surface area contributed by atoms with Crippen LogP contribution >= 0.6 is 0 Å². The Kier molecular flexibility index (Phi) is 5.11. The van der Waals surface area contributed by atoms with Gasteiger partial charge in [0.15, 0.2) is 0 Å². The summed E-state index contributed by atoms with van der Waals surface area (Å²) in [7, 11) is 6.12. The van der Waals surface area contributed by atoms with Crippen LogP contribution in [0.25, 0.3) is 0 Å². The number of amides is 1. The maximum atomic E-state index is 11.2. The molecule has 98 valence electrons. The summed E-state index contributed by atoms with van der Waals surface area (Å²) in [6.07, 6.45) is -0.696. The molecule has 1 aromatic rings. The molecule has 0 aliphatic heterocycles. The summed E-state index contributed by atoms with van der Waals surface area (Å²) in [5.74, 6) is -0.411. The Labute approximate surface area is 112 Å². The van der Waals surface area contributed by atoms with Crippen LogP contribution in [-0.2, 0) is 16.0 Å². The number of hydrogen-bond acceptors (Lipinski definition) is 5. The number of methoxy groups -OCH3 is 1. The zero-order valence-electron chi connectivity index (χ0n) is 10.6. The number of esters is 1. The number of carbonyl (C=O) groups is 2. The molecular weight excluding hydrogens is 247 g/mol. The van der Waals surface area contributed by atoms with Gasteiger partial charge in [-0.15, -0.1) is 0 Å². The molecule has 7 heteroatoms. The van der Waals surface area contributed by atoms with E-state index in [1.54, 1.807) is 18.2 Å². The predicted molar refractivity (Wildman–Crippen MR) is 69.5 cm³/mol. The van der Waals surface area contributed by atoms with E-state index in [0.717, 1.165) is 5.56 Å². The molecule has 0 unspecified atom stereocenters. The Morgan fingerprint density at radius 2 is 2.11 bits per heavy atom. The van der Waals surface area contributed by atoms with Crippen molar-refractivity contribution in [1.82, 2.24) is 5.23 Å². The van der Waals surface area contributed by atoms with Crippen LogP contribution in [-0.4, -0.2) is 32.9 Å². The molecule has 0 fully saturated rings. The fourth-order valence-corrected chi connectivity index (χ4v) is 1.42. The molecular formula is C12H13BN2O4. The van der Waals surface area contributed by atoms with Gasteiger partial charge >= 0.3 is 12.1 Å². The maximum absolute atomic E-state index is 11.2. The van der Waals surface area contributed by atoms with Crippen molar-refractivity contribution in [3.05, 3.63) is 29.3 Å². The van der Waals surface area contributed by atoms with Gasteiger partial charge in [-0.1, -0.05) is 6.07 Å². The Morgan fingerprint density at radius 3 is 2.68 bits per heavy atom. The van der Waals surface area contributed by atoms with Gasteiger partial charge in [-0.3, -0.25) is 5.41 Å². The van der Waals surface area contributed by atoms with E-state index in [-0.39, 0.29) is 17.9 Å². The van der Waals surface area contributed by atoms with E-state index < -0.39 is 12.1 Å². The Morgan fingerprint density at radius 1 is 1.42 bits per heavy atom. The highest BCUT2D eigenvalue weighted by molar-refractivity contribution is 6.35.